The van der Waals surface area contributed by atoms with Gasteiger partial charge in [0.25, 0.3) is 0 Å². The fourth-order valence-electron chi connectivity index (χ4n) is 1.07. The van der Waals surface area contributed by atoms with Crippen molar-refractivity contribution >= 4 is 21.7 Å². The second-order valence-electron chi connectivity index (χ2n) is 3.11. The first-order valence-corrected chi connectivity index (χ1v) is 5.35. The Morgan fingerprint density at radius 2 is 2.29 bits per heavy atom. The molecule has 0 atom stereocenters. The number of ether oxygens (including phenoxy) is 1. The highest BCUT2D eigenvalue weighted by Gasteiger charge is 1.96. The molecule has 0 aromatic heterocycles. The molecule has 3 heteroatoms. The van der Waals surface area contributed by atoms with Gasteiger partial charge in [-0.3, -0.25) is 0 Å². The van der Waals surface area contributed by atoms with E-state index in [0.717, 1.165) is 16.6 Å². The maximum atomic E-state index is 10.6. The van der Waals surface area contributed by atoms with Crippen molar-refractivity contribution in [3.05, 3.63) is 28.7 Å². The smallest absolute Gasteiger partial charge is 0.129 e. The summed E-state index contributed by atoms with van der Waals surface area (Å²) in [5, 5.41) is 0. The van der Waals surface area contributed by atoms with Gasteiger partial charge in [0.1, 0.15) is 11.5 Å². The Morgan fingerprint density at radius 3 is 2.93 bits per heavy atom. The van der Waals surface area contributed by atoms with E-state index in [-0.39, 0.29) is 5.78 Å². The van der Waals surface area contributed by atoms with Gasteiger partial charge in [0, 0.05) is 10.9 Å². The molecule has 0 aliphatic heterocycles. The van der Waals surface area contributed by atoms with Crippen LogP contribution in [0.15, 0.2) is 28.7 Å². The molecule has 0 aliphatic carbocycles. The van der Waals surface area contributed by atoms with Crippen LogP contribution >= 0.6 is 15.9 Å². The van der Waals surface area contributed by atoms with Crippen molar-refractivity contribution in [1.82, 2.24) is 0 Å². The van der Waals surface area contributed by atoms with Gasteiger partial charge < -0.3 is 9.53 Å². The summed E-state index contributed by atoms with van der Waals surface area (Å²) >= 11 is 3.36. The molecular formula is C11H13BrO2. The van der Waals surface area contributed by atoms with Crippen LogP contribution in [0.4, 0.5) is 0 Å². The maximum absolute atomic E-state index is 10.6. The number of carbonyl (C=O) groups excluding carboxylic acids is 1. The van der Waals surface area contributed by atoms with E-state index in [4.69, 9.17) is 4.74 Å². The molecule has 0 bridgehead atoms. The number of halogens is 1. The van der Waals surface area contributed by atoms with Crippen molar-refractivity contribution in [3.63, 3.8) is 0 Å². The molecule has 14 heavy (non-hydrogen) atoms. The minimum atomic E-state index is 0.211. The summed E-state index contributed by atoms with van der Waals surface area (Å²) in [4.78, 5) is 10.6. The molecule has 0 heterocycles. The molecule has 76 valence electrons. The zero-order valence-corrected chi connectivity index (χ0v) is 9.71. The average Bonchev–Trinajstić information content (AvgIpc) is 2.12. The third kappa shape index (κ3) is 4.42. The van der Waals surface area contributed by atoms with Gasteiger partial charge in [0.05, 0.1) is 6.61 Å². The lowest BCUT2D eigenvalue weighted by Crippen LogP contribution is -2.00. The Balaban J connectivity index is 2.28. The minimum absolute atomic E-state index is 0.211. The van der Waals surface area contributed by atoms with E-state index in [0.29, 0.717) is 13.0 Å². The molecule has 0 fully saturated rings. The van der Waals surface area contributed by atoms with Crippen molar-refractivity contribution in [2.75, 3.05) is 6.61 Å². The van der Waals surface area contributed by atoms with Crippen molar-refractivity contribution in [1.29, 1.82) is 0 Å². The van der Waals surface area contributed by atoms with Crippen LogP contribution in [0.2, 0.25) is 0 Å². The van der Waals surface area contributed by atoms with Crippen molar-refractivity contribution < 1.29 is 9.53 Å². The Morgan fingerprint density at radius 1 is 1.50 bits per heavy atom. The molecule has 0 aliphatic rings. The van der Waals surface area contributed by atoms with E-state index in [1.807, 2.05) is 24.3 Å². The number of benzene rings is 1. The highest BCUT2D eigenvalue weighted by Crippen LogP contribution is 2.17. The number of ketones is 1. The number of carbonyl (C=O) groups is 1. The van der Waals surface area contributed by atoms with Crippen LogP contribution < -0.4 is 4.74 Å². The van der Waals surface area contributed by atoms with Gasteiger partial charge in [-0.25, -0.2) is 0 Å². The Bertz CT molecular complexity index is 310. The second kappa shape index (κ2) is 5.81. The second-order valence-corrected chi connectivity index (χ2v) is 4.03. The predicted molar refractivity (Wildman–Crippen MR) is 59.6 cm³/mol. The summed E-state index contributed by atoms with van der Waals surface area (Å²) < 4.78 is 6.46. The predicted octanol–water partition coefficient (Wildman–Crippen LogP) is 3.20. The van der Waals surface area contributed by atoms with E-state index in [2.05, 4.69) is 15.9 Å². The van der Waals surface area contributed by atoms with Gasteiger partial charge in [0.2, 0.25) is 0 Å². The summed E-state index contributed by atoms with van der Waals surface area (Å²) in [6.07, 6.45) is 1.37. The number of hydrogen-bond donors (Lipinski definition) is 0. The standard InChI is InChI=1S/C11H13BrO2/c1-9(13)4-3-7-14-11-6-2-5-10(12)8-11/h2,5-6,8H,3-4,7H2,1H3. The summed E-state index contributed by atoms with van der Waals surface area (Å²) in [7, 11) is 0. The van der Waals surface area contributed by atoms with E-state index in [1.165, 1.54) is 0 Å². The van der Waals surface area contributed by atoms with E-state index in [9.17, 15) is 4.79 Å². The van der Waals surface area contributed by atoms with E-state index >= 15 is 0 Å². The van der Waals surface area contributed by atoms with Gasteiger partial charge in [-0.1, -0.05) is 22.0 Å². The fraction of sp³-hybridized carbons (Fsp3) is 0.364. The lowest BCUT2D eigenvalue weighted by molar-refractivity contribution is -0.117. The summed E-state index contributed by atoms with van der Waals surface area (Å²) in [6.45, 7) is 2.19. The Hall–Kier alpha value is -0.830. The molecule has 0 amide bonds. The molecule has 1 aromatic rings. The minimum Gasteiger partial charge on any atom is -0.494 e. The van der Waals surface area contributed by atoms with Gasteiger partial charge in [-0.15, -0.1) is 0 Å². The Labute approximate surface area is 92.4 Å². The highest BCUT2D eigenvalue weighted by molar-refractivity contribution is 9.10. The van der Waals surface area contributed by atoms with Crippen molar-refractivity contribution in [2.24, 2.45) is 0 Å². The maximum Gasteiger partial charge on any atom is 0.129 e. The van der Waals surface area contributed by atoms with Crippen molar-refractivity contribution in [3.8, 4) is 5.75 Å². The SMILES string of the molecule is CC(=O)CCCOc1cccc(Br)c1. The summed E-state index contributed by atoms with van der Waals surface area (Å²) in [5.41, 5.74) is 0. The molecule has 2 nitrogen and oxygen atoms in total. The molecule has 0 unspecified atom stereocenters. The zero-order valence-electron chi connectivity index (χ0n) is 8.13. The third-order valence-corrected chi connectivity index (χ3v) is 2.23. The quantitative estimate of drug-likeness (QED) is 0.757. The number of hydrogen-bond acceptors (Lipinski definition) is 2. The van der Waals surface area contributed by atoms with Crippen molar-refractivity contribution in [2.45, 2.75) is 19.8 Å². The molecule has 0 saturated heterocycles. The molecule has 0 saturated carbocycles. The van der Waals surface area contributed by atoms with Gasteiger partial charge >= 0.3 is 0 Å². The lowest BCUT2D eigenvalue weighted by Gasteiger charge is -2.05. The molecule has 0 N–H and O–H groups in total. The molecule has 1 aromatic carbocycles. The highest BCUT2D eigenvalue weighted by atomic mass is 79.9. The third-order valence-electron chi connectivity index (χ3n) is 1.74. The molecule has 0 spiro atoms. The fourth-order valence-corrected chi connectivity index (χ4v) is 1.45. The largest absolute Gasteiger partial charge is 0.494 e. The lowest BCUT2D eigenvalue weighted by atomic mass is 10.2. The average molecular weight is 257 g/mol. The first kappa shape index (κ1) is 11.2. The normalized spacial score (nSPS) is 9.86. The monoisotopic (exact) mass is 256 g/mol. The molecular weight excluding hydrogens is 244 g/mol. The zero-order chi connectivity index (χ0) is 10.4. The number of Topliss-reactive ketones (excluding diaryl/α,β-unsaturated/α-hetero) is 1. The Kier molecular flexibility index (Phi) is 4.66. The van der Waals surface area contributed by atoms with Gasteiger partial charge in [0.15, 0.2) is 0 Å². The number of rotatable bonds is 5. The summed E-state index contributed by atoms with van der Waals surface area (Å²) in [5.74, 6) is 1.05. The van der Waals surface area contributed by atoms with Crippen LogP contribution in [0.1, 0.15) is 19.8 Å². The van der Waals surface area contributed by atoms with Gasteiger partial charge in [-0.05, 0) is 31.5 Å². The van der Waals surface area contributed by atoms with Crippen LogP contribution in [-0.2, 0) is 4.79 Å². The van der Waals surface area contributed by atoms with E-state index in [1.54, 1.807) is 6.92 Å². The van der Waals surface area contributed by atoms with Crippen LogP contribution in [0.25, 0.3) is 0 Å². The van der Waals surface area contributed by atoms with Crippen LogP contribution in [0, 0.1) is 0 Å². The molecule has 1 rings (SSSR count). The first-order chi connectivity index (χ1) is 6.68. The summed E-state index contributed by atoms with van der Waals surface area (Å²) in [6, 6.07) is 7.68. The first-order valence-electron chi connectivity index (χ1n) is 4.56. The van der Waals surface area contributed by atoms with Gasteiger partial charge in [-0.2, -0.15) is 0 Å². The topological polar surface area (TPSA) is 26.3 Å². The van der Waals surface area contributed by atoms with E-state index < -0.39 is 0 Å². The van der Waals surface area contributed by atoms with Crippen LogP contribution in [0.3, 0.4) is 0 Å². The van der Waals surface area contributed by atoms with Crippen LogP contribution in [0.5, 0.6) is 5.75 Å². The van der Waals surface area contributed by atoms with Crippen LogP contribution in [-0.4, -0.2) is 12.4 Å². The molecule has 0 radical (unpaired) electrons.